The molecule has 0 aliphatic rings. The first-order chi connectivity index (χ1) is 12.4. The Balaban J connectivity index is 1.85. The fourth-order valence-electron chi connectivity index (χ4n) is 2.35. The first-order valence-corrected chi connectivity index (χ1v) is 9.66. The lowest BCUT2D eigenvalue weighted by Crippen LogP contribution is -2.36. The summed E-state index contributed by atoms with van der Waals surface area (Å²) in [5.41, 5.74) is 2.36. The minimum atomic E-state index is -0.204. The average Bonchev–Trinajstić information content (AvgIpc) is 2.58. The number of carbonyl (C=O) groups is 2. The first-order valence-electron chi connectivity index (χ1n) is 8.06. The number of benzene rings is 2. The number of halogens is 1. The van der Waals surface area contributed by atoms with Crippen molar-refractivity contribution in [3.63, 3.8) is 0 Å². The number of nitrogens with one attached hydrogen (secondary N) is 2. The summed E-state index contributed by atoms with van der Waals surface area (Å²) in [6, 6.07) is 13.0. The van der Waals surface area contributed by atoms with Crippen LogP contribution in [-0.4, -0.2) is 43.1 Å². The lowest BCUT2D eigenvalue weighted by atomic mass is 10.2. The molecule has 0 bridgehead atoms. The van der Waals surface area contributed by atoms with Gasteiger partial charge in [0, 0.05) is 15.6 Å². The highest BCUT2D eigenvalue weighted by Crippen LogP contribution is 2.24. The number of hydrogen-bond acceptors (Lipinski definition) is 4. The zero-order valence-corrected chi connectivity index (χ0v) is 16.6. The Bertz CT molecular complexity index is 798. The van der Waals surface area contributed by atoms with E-state index in [2.05, 4.69) is 10.6 Å². The van der Waals surface area contributed by atoms with Crippen molar-refractivity contribution < 1.29 is 9.59 Å². The summed E-state index contributed by atoms with van der Waals surface area (Å²) in [7, 11) is 1.72. The molecular weight excluding hydrogens is 370 g/mol. The van der Waals surface area contributed by atoms with E-state index in [4.69, 9.17) is 11.6 Å². The molecule has 138 valence electrons. The number of para-hydroxylation sites is 1. The van der Waals surface area contributed by atoms with Gasteiger partial charge in [-0.25, -0.2) is 0 Å². The number of nitrogens with zero attached hydrogens (tertiary/aromatic N) is 1. The summed E-state index contributed by atoms with van der Waals surface area (Å²) in [5, 5.41) is 6.26. The second-order valence-corrected chi connectivity index (χ2v) is 7.19. The molecule has 0 spiro atoms. The fourth-order valence-corrected chi connectivity index (χ4v) is 3.09. The number of hydrogen-bond donors (Lipinski definition) is 2. The Morgan fingerprint density at radius 3 is 2.38 bits per heavy atom. The van der Waals surface area contributed by atoms with Gasteiger partial charge in [-0.05, 0) is 50.1 Å². The number of thioether (sulfide) groups is 1. The molecule has 0 aliphatic heterocycles. The van der Waals surface area contributed by atoms with Crippen LogP contribution in [0, 0.1) is 6.92 Å². The minimum absolute atomic E-state index is 0.100. The van der Waals surface area contributed by atoms with Crippen LogP contribution in [0.5, 0.6) is 0 Å². The summed E-state index contributed by atoms with van der Waals surface area (Å²) in [6.07, 6.45) is 1.96. The van der Waals surface area contributed by atoms with Gasteiger partial charge in [-0.15, -0.1) is 11.8 Å². The molecule has 0 radical (unpaired) electrons. The van der Waals surface area contributed by atoms with Crippen molar-refractivity contribution in [2.45, 2.75) is 11.8 Å². The third-order valence-electron chi connectivity index (χ3n) is 3.66. The lowest BCUT2D eigenvalue weighted by molar-refractivity contribution is -0.119. The van der Waals surface area contributed by atoms with Crippen LogP contribution in [0.15, 0.2) is 47.4 Å². The Kier molecular flexibility index (Phi) is 7.50. The van der Waals surface area contributed by atoms with Crippen molar-refractivity contribution >= 4 is 46.6 Å². The van der Waals surface area contributed by atoms with E-state index in [1.807, 2.05) is 43.5 Å². The smallest absolute Gasteiger partial charge is 0.238 e. The molecule has 26 heavy (non-hydrogen) atoms. The predicted molar refractivity (Wildman–Crippen MR) is 109 cm³/mol. The van der Waals surface area contributed by atoms with Crippen LogP contribution in [0.25, 0.3) is 0 Å². The molecule has 2 aromatic carbocycles. The molecule has 2 N–H and O–H groups in total. The third-order valence-corrected chi connectivity index (χ3v) is 4.87. The predicted octanol–water partition coefficient (Wildman–Crippen LogP) is 3.88. The molecule has 0 atom stereocenters. The second-order valence-electron chi connectivity index (χ2n) is 5.93. The molecule has 5 nitrogen and oxygen atoms in total. The average molecular weight is 392 g/mol. The van der Waals surface area contributed by atoms with Crippen molar-refractivity contribution in [1.82, 2.24) is 4.90 Å². The normalized spacial score (nSPS) is 10.7. The SMILES string of the molecule is CSc1ccccc1NC(=O)CN(C)CC(=O)Nc1ccc(C)c(Cl)c1. The number of carbonyl (C=O) groups excluding carboxylic acids is 2. The maximum absolute atomic E-state index is 12.2. The van der Waals surface area contributed by atoms with E-state index in [1.165, 1.54) is 0 Å². The summed E-state index contributed by atoms with van der Waals surface area (Å²) in [6.45, 7) is 2.11. The van der Waals surface area contributed by atoms with Crippen molar-refractivity contribution in [1.29, 1.82) is 0 Å². The largest absolute Gasteiger partial charge is 0.325 e. The molecule has 0 aliphatic carbocycles. The maximum Gasteiger partial charge on any atom is 0.238 e. The van der Waals surface area contributed by atoms with Gasteiger partial charge in [0.05, 0.1) is 18.8 Å². The number of likely N-dealkylation sites (N-methyl/N-ethyl adjacent to an activating group) is 1. The van der Waals surface area contributed by atoms with Crippen LogP contribution in [0.4, 0.5) is 11.4 Å². The summed E-state index contributed by atoms with van der Waals surface area (Å²) in [4.78, 5) is 27.0. The van der Waals surface area contributed by atoms with Gasteiger partial charge in [-0.3, -0.25) is 14.5 Å². The van der Waals surface area contributed by atoms with Crippen LogP contribution >= 0.6 is 23.4 Å². The monoisotopic (exact) mass is 391 g/mol. The first kappa shape index (κ1) is 20.3. The van der Waals surface area contributed by atoms with Crippen LogP contribution < -0.4 is 10.6 Å². The number of amides is 2. The van der Waals surface area contributed by atoms with Crippen molar-refractivity contribution in [3.05, 3.63) is 53.1 Å². The number of aryl methyl sites for hydroxylation is 1. The molecule has 0 saturated heterocycles. The quantitative estimate of drug-likeness (QED) is 0.703. The van der Waals surface area contributed by atoms with Gasteiger partial charge in [0.25, 0.3) is 0 Å². The molecule has 0 heterocycles. The van der Waals surface area contributed by atoms with Gasteiger partial charge in [-0.2, -0.15) is 0 Å². The summed E-state index contributed by atoms with van der Waals surface area (Å²) in [5.74, 6) is -0.370. The number of rotatable bonds is 7. The van der Waals surface area contributed by atoms with Crippen LogP contribution in [0.2, 0.25) is 5.02 Å². The maximum atomic E-state index is 12.2. The van der Waals surface area contributed by atoms with E-state index in [0.717, 1.165) is 16.1 Å². The topological polar surface area (TPSA) is 61.4 Å². The van der Waals surface area contributed by atoms with Gasteiger partial charge in [-0.1, -0.05) is 29.8 Å². The third kappa shape index (κ3) is 6.05. The fraction of sp³-hybridized carbons (Fsp3) is 0.263. The van der Waals surface area contributed by atoms with E-state index >= 15 is 0 Å². The zero-order valence-electron chi connectivity index (χ0n) is 15.0. The Morgan fingerprint density at radius 1 is 1.08 bits per heavy atom. The molecule has 0 unspecified atom stereocenters. The van der Waals surface area contributed by atoms with E-state index in [0.29, 0.717) is 10.7 Å². The standard InChI is InChI=1S/C19H22ClN3O2S/c1-13-8-9-14(10-15(13)20)21-18(24)11-23(2)12-19(25)22-16-6-4-5-7-17(16)26-3/h4-10H,11-12H2,1-3H3,(H,21,24)(H,22,25). The van der Waals surface area contributed by atoms with E-state index in [1.54, 1.807) is 35.8 Å². The van der Waals surface area contributed by atoms with E-state index in [-0.39, 0.29) is 24.9 Å². The highest BCUT2D eigenvalue weighted by atomic mass is 35.5. The highest BCUT2D eigenvalue weighted by molar-refractivity contribution is 7.98. The van der Waals surface area contributed by atoms with Crippen molar-refractivity contribution in [2.24, 2.45) is 0 Å². The highest BCUT2D eigenvalue weighted by Gasteiger charge is 2.12. The number of anilines is 2. The second kappa shape index (κ2) is 9.62. The molecule has 2 amide bonds. The van der Waals surface area contributed by atoms with Gasteiger partial charge >= 0.3 is 0 Å². The molecule has 0 aromatic heterocycles. The summed E-state index contributed by atoms with van der Waals surface area (Å²) >= 11 is 7.62. The molecular formula is C19H22ClN3O2S. The molecule has 7 heteroatoms. The van der Waals surface area contributed by atoms with E-state index in [9.17, 15) is 9.59 Å². The van der Waals surface area contributed by atoms with Gasteiger partial charge in [0.15, 0.2) is 0 Å². The van der Waals surface area contributed by atoms with Crippen molar-refractivity contribution in [3.8, 4) is 0 Å². The Morgan fingerprint density at radius 2 is 1.73 bits per heavy atom. The van der Waals surface area contributed by atoms with Crippen LogP contribution in [-0.2, 0) is 9.59 Å². The van der Waals surface area contributed by atoms with Gasteiger partial charge in [0.2, 0.25) is 11.8 Å². The Hall–Kier alpha value is -2.02. The lowest BCUT2D eigenvalue weighted by Gasteiger charge is -2.17. The van der Waals surface area contributed by atoms with E-state index < -0.39 is 0 Å². The van der Waals surface area contributed by atoms with Gasteiger partial charge in [0.1, 0.15) is 0 Å². The molecule has 2 rings (SSSR count). The van der Waals surface area contributed by atoms with Crippen molar-refractivity contribution in [2.75, 3.05) is 37.0 Å². The van der Waals surface area contributed by atoms with Gasteiger partial charge < -0.3 is 10.6 Å². The molecule has 0 saturated carbocycles. The van der Waals surface area contributed by atoms with Crippen LogP contribution in [0.3, 0.4) is 0 Å². The molecule has 2 aromatic rings. The molecule has 0 fully saturated rings. The zero-order chi connectivity index (χ0) is 19.1. The Labute approximate surface area is 163 Å². The summed E-state index contributed by atoms with van der Waals surface area (Å²) < 4.78 is 0. The van der Waals surface area contributed by atoms with Crippen LogP contribution in [0.1, 0.15) is 5.56 Å². The minimum Gasteiger partial charge on any atom is -0.325 e.